The summed E-state index contributed by atoms with van der Waals surface area (Å²) in [6.07, 6.45) is 6.26. The van der Waals surface area contributed by atoms with E-state index in [2.05, 4.69) is 0 Å². The van der Waals surface area contributed by atoms with Gasteiger partial charge in [0, 0.05) is 5.02 Å². The van der Waals surface area contributed by atoms with Gasteiger partial charge in [-0.1, -0.05) is 49.4 Å². The number of carbonyl (C=O) groups excluding carboxylic acids is 1. The molecule has 0 bridgehead atoms. The Morgan fingerprint density at radius 1 is 1.42 bits per heavy atom. The Balaban J connectivity index is 1.78. The predicted molar refractivity (Wildman–Crippen MR) is 77.4 cm³/mol. The molecule has 1 fully saturated rings. The maximum absolute atomic E-state index is 12.0. The van der Waals surface area contributed by atoms with E-state index in [1.807, 2.05) is 31.2 Å². The standard InChI is InChI=1S/C16H21ClO2/c1-12(14-7-4-8-15(17)11-14)16(18)19-10-9-13-5-2-3-6-13/h4,7-8,11-13H,2-3,5-6,9-10H2,1H3. The Morgan fingerprint density at radius 2 is 2.16 bits per heavy atom. The molecule has 0 spiro atoms. The van der Waals surface area contributed by atoms with Gasteiger partial charge in [0.25, 0.3) is 0 Å². The lowest BCUT2D eigenvalue weighted by atomic mass is 10.0. The van der Waals surface area contributed by atoms with Crippen LogP contribution in [0.5, 0.6) is 0 Å². The lowest BCUT2D eigenvalue weighted by molar-refractivity contribution is -0.145. The summed E-state index contributed by atoms with van der Waals surface area (Å²) in [5.74, 6) is 0.358. The summed E-state index contributed by atoms with van der Waals surface area (Å²) in [4.78, 5) is 12.0. The first-order valence-corrected chi connectivity index (χ1v) is 7.46. The van der Waals surface area contributed by atoms with Crippen molar-refractivity contribution in [3.8, 4) is 0 Å². The van der Waals surface area contributed by atoms with Gasteiger partial charge in [0.2, 0.25) is 0 Å². The molecule has 2 rings (SSSR count). The fourth-order valence-electron chi connectivity index (χ4n) is 2.66. The van der Waals surface area contributed by atoms with E-state index in [1.54, 1.807) is 0 Å². The van der Waals surface area contributed by atoms with Gasteiger partial charge in [0.15, 0.2) is 0 Å². The van der Waals surface area contributed by atoms with Gasteiger partial charge in [-0.05, 0) is 37.0 Å². The molecular formula is C16H21ClO2. The molecule has 1 aromatic carbocycles. The molecule has 1 aliphatic rings. The SMILES string of the molecule is CC(C(=O)OCCC1CCCC1)c1cccc(Cl)c1. The number of esters is 1. The summed E-state index contributed by atoms with van der Waals surface area (Å²) in [7, 11) is 0. The molecule has 1 atom stereocenters. The highest BCUT2D eigenvalue weighted by Gasteiger charge is 2.19. The molecule has 0 radical (unpaired) electrons. The fourth-order valence-corrected chi connectivity index (χ4v) is 2.86. The molecule has 0 heterocycles. The van der Waals surface area contributed by atoms with Crippen molar-refractivity contribution in [3.05, 3.63) is 34.9 Å². The van der Waals surface area contributed by atoms with Crippen molar-refractivity contribution in [1.82, 2.24) is 0 Å². The molecule has 0 N–H and O–H groups in total. The Hall–Kier alpha value is -1.02. The zero-order chi connectivity index (χ0) is 13.7. The maximum atomic E-state index is 12.0. The van der Waals surface area contributed by atoms with Crippen molar-refractivity contribution in [2.75, 3.05) is 6.61 Å². The van der Waals surface area contributed by atoms with Gasteiger partial charge >= 0.3 is 5.97 Å². The Labute approximate surface area is 120 Å². The number of ether oxygens (including phenoxy) is 1. The quantitative estimate of drug-likeness (QED) is 0.739. The summed E-state index contributed by atoms with van der Waals surface area (Å²) in [5, 5.41) is 0.656. The van der Waals surface area contributed by atoms with Crippen molar-refractivity contribution in [1.29, 1.82) is 0 Å². The predicted octanol–water partition coefficient (Wildman–Crippen LogP) is 4.57. The van der Waals surface area contributed by atoms with Crippen molar-refractivity contribution in [2.45, 2.75) is 44.9 Å². The van der Waals surface area contributed by atoms with Crippen molar-refractivity contribution in [2.24, 2.45) is 5.92 Å². The normalized spacial score (nSPS) is 17.4. The second-order valence-corrected chi connectivity index (χ2v) is 5.82. The molecule has 1 aromatic rings. The Morgan fingerprint density at radius 3 is 2.84 bits per heavy atom. The van der Waals surface area contributed by atoms with Crippen LogP contribution in [0.2, 0.25) is 5.02 Å². The molecule has 1 unspecified atom stereocenters. The Bertz CT molecular complexity index is 425. The minimum absolute atomic E-state index is 0.153. The molecule has 104 valence electrons. The van der Waals surface area contributed by atoms with Gasteiger partial charge < -0.3 is 4.74 Å². The second kappa shape index (κ2) is 6.95. The first-order chi connectivity index (χ1) is 9.16. The third-order valence-electron chi connectivity index (χ3n) is 3.95. The average molecular weight is 281 g/mol. The van der Waals surface area contributed by atoms with E-state index in [1.165, 1.54) is 25.7 Å². The lowest BCUT2D eigenvalue weighted by Crippen LogP contribution is -2.15. The van der Waals surface area contributed by atoms with E-state index in [-0.39, 0.29) is 11.9 Å². The van der Waals surface area contributed by atoms with Gasteiger partial charge in [0.05, 0.1) is 12.5 Å². The van der Waals surface area contributed by atoms with Crippen LogP contribution in [0.4, 0.5) is 0 Å². The fraction of sp³-hybridized carbons (Fsp3) is 0.562. The summed E-state index contributed by atoms with van der Waals surface area (Å²) < 4.78 is 5.38. The third-order valence-corrected chi connectivity index (χ3v) is 4.18. The van der Waals surface area contributed by atoms with Crippen LogP contribution in [0.25, 0.3) is 0 Å². The van der Waals surface area contributed by atoms with Crippen LogP contribution >= 0.6 is 11.6 Å². The molecular weight excluding hydrogens is 260 g/mol. The minimum Gasteiger partial charge on any atom is -0.465 e. The topological polar surface area (TPSA) is 26.3 Å². The summed E-state index contributed by atoms with van der Waals surface area (Å²) >= 11 is 5.93. The minimum atomic E-state index is -0.248. The van der Waals surface area contributed by atoms with E-state index in [0.717, 1.165) is 17.9 Å². The lowest BCUT2D eigenvalue weighted by Gasteiger charge is -2.13. The van der Waals surface area contributed by atoms with Crippen molar-refractivity contribution >= 4 is 17.6 Å². The number of rotatable bonds is 5. The van der Waals surface area contributed by atoms with Crippen LogP contribution in [-0.2, 0) is 9.53 Å². The van der Waals surface area contributed by atoms with Crippen molar-refractivity contribution < 1.29 is 9.53 Å². The van der Waals surface area contributed by atoms with Crippen LogP contribution < -0.4 is 0 Å². The van der Waals surface area contributed by atoms with E-state index in [0.29, 0.717) is 11.6 Å². The second-order valence-electron chi connectivity index (χ2n) is 5.38. The molecule has 19 heavy (non-hydrogen) atoms. The van der Waals surface area contributed by atoms with Crippen LogP contribution in [0.3, 0.4) is 0 Å². The van der Waals surface area contributed by atoms with E-state index >= 15 is 0 Å². The Kier molecular flexibility index (Phi) is 5.26. The number of halogens is 1. The average Bonchev–Trinajstić information content (AvgIpc) is 2.91. The molecule has 0 amide bonds. The molecule has 0 aromatic heterocycles. The largest absolute Gasteiger partial charge is 0.465 e. The van der Waals surface area contributed by atoms with E-state index < -0.39 is 0 Å². The monoisotopic (exact) mass is 280 g/mol. The smallest absolute Gasteiger partial charge is 0.313 e. The molecule has 1 aliphatic carbocycles. The van der Waals surface area contributed by atoms with Gasteiger partial charge in [-0.25, -0.2) is 0 Å². The zero-order valence-corrected chi connectivity index (χ0v) is 12.2. The van der Waals surface area contributed by atoms with E-state index in [4.69, 9.17) is 16.3 Å². The number of carbonyl (C=O) groups is 1. The van der Waals surface area contributed by atoms with Crippen LogP contribution in [0.1, 0.15) is 50.5 Å². The van der Waals surface area contributed by atoms with Gasteiger partial charge in [0.1, 0.15) is 0 Å². The molecule has 1 saturated carbocycles. The zero-order valence-electron chi connectivity index (χ0n) is 11.4. The summed E-state index contributed by atoms with van der Waals surface area (Å²) in [5.41, 5.74) is 0.915. The summed E-state index contributed by atoms with van der Waals surface area (Å²) in [6.45, 7) is 2.41. The molecule has 0 aliphatic heterocycles. The maximum Gasteiger partial charge on any atom is 0.313 e. The third kappa shape index (κ3) is 4.24. The van der Waals surface area contributed by atoms with Crippen molar-refractivity contribution in [3.63, 3.8) is 0 Å². The number of benzene rings is 1. The molecule has 2 nitrogen and oxygen atoms in total. The first kappa shape index (κ1) is 14.4. The highest BCUT2D eigenvalue weighted by molar-refractivity contribution is 6.30. The number of hydrogen-bond acceptors (Lipinski definition) is 2. The highest BCUT2D eigenvalue weighted by Crippen LogP contribution is 2.27. The first-order valence-electron chi connectivity index (χ1n) is 7.09. The van der Waals surface area contributed by atoms with Gasteiger partial charge in [-0.15, -0.1) is 0 Å². The van der Waals surface area contributed by atoms with Gasteiger partial charge in [-0.2, -0.15) is 0 Å². The highest BCUT2D eigenvalue weighted by atomic mass is 35.5. The summed E-state index contributed by atoms with van der Waals surface area (Å²) in [6, 6.07) is 7.41. The van der Waals surface area contributed by atoms with E-state index in [9.17, 15) is 4.79 Å². The van der Waals surface area contributed by atoms with Gasteiger partial charge in [-0.3, -0.25) is 4.79 Å². The molecule has 3 heteroatoms. The van der Waals surface area contributed by atoms with Crippen LogP contribution in [-0.4, -0.2) is 12.6 Å². The van der Waals surface area contributed by atoms with Crippen LogP contribution in [0, 0.1) is 5.92 Å². The number of hydrogen-bond donors (Lipinski definition) is 0. The molecule has 0 saturated heterocycles. The van der Waals surface area contributed by atoms with Crippen LogP contribution in [0.15, 0.2) is 24.3 Å².